The fourth-order valence-corrected chi connectivity index (χ4v) is 2.67. The van der Waals surface area contributed by atoms with E-state index in [9.17, 15) is 13.2 Å². The van der Waals surface area contributed by atoms with E-state index in [-0.39, 0.29) is 16.3 Å². The van der Waals surface area contributed by atoms with Gasteiger partial charge in [-0.05, 0) is 36.4 Å². The summed E-state index contributed by atoms with van der Waals surface area (Å²) in [4.78, 5) is 12.0. The summed E-state index contributed by atoms with van der Waals surface area (Å²) in [7, 11) is -1.14. The molecule has 0 saturated carbocycles. The molecule has 2 aromatic rings. The van der Waals surface area contributed by atoms with Crippen molar-refractivity contribution in [3.63, 3.8) is 0 Å². The van der Waals surface area contributed by atoms with E-state index in [4.69, 9.17) is 14.6 Å². The first-order valence-corrected chi connectivity index (χ1v) is 8.06. The molecule has 0 radical (unpaired) electrons. The number of benzene rings is 2. The summed E-state index contributed by atoms with van der Waals surface area (Å²) in [6, 6.07) is 10.8. The fourth-order valence-electron chi connectivity index (χ4n) is 1.94. The van der Waals surface area contributed by atoms with Gasteiger partial charge in [0.2, 0.25) is 10.0 Å². The van der Waals surface area contributed by atoms with Crippen molar-refractivity contribution < 1.29 is 22.7 Å². The van der Waals surface area contributed by atoms with Crippen LogP contribution in [0.4, 0.5) is 5.69 Å². The first kappa shape index (κ1) is 16.8. The number of methoxy groups -OCH3 is 2. The van der Waals surface area contributed by atoms with Crippen molar-refractivity contribution in [2.24, 2.45) is 5.14 Å². The molecule has 0 heterocycles. The van der Waals surface area contributed by atoms with Gasteiger partial charge in [0, 0.05) is 11.3 Å². The Kier molecular flexibility index (Phi) is 4.87. The van der Waals surface area contributed by atoms with Crippen molar-refractivity contribution in [3.05, 3.63) is 48.0 Å². The maximum absolute atomic E-state index is 12.2. The number of hydrogen-bond donors (Lipinski definition) is 2. The maximum atomic E-state index is 12.2. The molecule has 7 nitrogen and oxygen atoms in total. The molecular weight excluding hydrogens is 320 g/mol. The summed E-state index contributed by atoms with van der Waals surface area (Å²) in [6.07, 6.45) is 0. The Morgan fingerprint density at radius 1 is 1.09 bits per heavy atom. The molecule has 0 aliphatic rings. The first-order valence-electron chi connectivity index (χ1n) is 6.51. The van der Waals surface area contributed by atoms with Gasteiger partial charge in [0.25, 0.3) is 5.91 Å². The van der Waals surface area contributed by atoms with Gasteiger partial charge in [-0.25, -0.2) is 13.6 Å². The van der Waals surface area contributed by atoms with E-state index in [1.807, 2.05) is 0 Å². The second kappa shape index (κ2) is 6.67. The molecule has 0 aliphatic carbocycles. The highest BCUT2D eigenvalue weighted by atomic mass is 32.2. The van der Waals surface area contributed by atoms with Crippen molar-refractivity contribution in [2.45, 2.75) is 4.90 Å². The van der Waals surface area contributed by atoms with Gasteiger partial charge < -0.3 is 14.8 Å². The van der Waals surface area contributed by atoms with Crippen molar-refractivity contribution in [1.29, 1.82) is 0 Å². The lowest BCUT2D eigenvalue weighted by atomic mass is 10.2. The Balaban J connectivity index is 2.31. The summed E-state index contributed by atoms with van der Waals surface area (Å²) in [5.74, 6) is 0.235. The Morgan fingerprint density at radius 3 is 2.43 bits per heavy atom. The van der Waals surface area contributed by atoms with E-state index in [2.05, 4.69) is 5.32 Å². The average molecular weight is 336 g/mol. The summed E-state index contributed by atoms with van der Waals surface area (Å²) in [6.45, 7) is 0. The molecule has 0 spiro atoms. The van der Waals surface area contributed by atoms with Gasteiger partial charge >= 0.3 is 0 Å². The SMILES string of the molecule is COc1cccc(C(=O)Nc2ccc(OC)c(S(N)(=O)=O)c2)c1. The predicted octanol–water partition coefficient (Wildman–Crippen LogP) is 1.60. The molecule has 2 rings (SSSR count). The lowest BCUT2D eigenvalue weighted by Crippen LogP contribution is -2.16. The zero-order chi connectivity index (χ0) is 17.0. The van der Waals surface area contributed by atoms with E-state index in [0.717, 1.165) is 0 Å². The topological polar surface area (TPSA) is 108 Å². The minimum Gasteiger partial charge on any atom is -0.497 e. The number of rotatable bonds is 5. The number of ether oxygens (including phenoxy) is 2. The van der Waals surface area contributed by atoms with Gasteiger partial charge in [-0.1, -0.05) is 6.07 Å². The highest BCUT2D eigenvalue weighted by Crippen LogP contribution is 2.26. The number of primary sulfonamides is 1. The molecule has 2 aromatic carbocycles. The summed E-state index contributed by atoms with van der Waals surface area (Å²) in [5, 5.41) is 7.75. The Labute approximate surface area is 134 Å². The maximum Gasteiger partial charge on any atom is 0.255 e. The van der Waals surface area contributed by atoms with Crippen LogP contribution in [0.25, 0.3) is 0 Å². The van der Waals surface area contributed by atoms with Crippen LogP contribution >= 0.6 is 0 Å². The third-order valence-corrected chi connectivity index (χ3v) is 3.99. The molecule has 0 atom stereocenters. The Morgan fingerprint density at radius 2 is 1.83 bits per heavy atom. The zero-order valence-electron chi connectivity index (χ0n) is 12.6. The van der Waals surface area contributed by atoms with Gasteiger partial charge in [0.05, 0.1) is 14.2 Å². The number of carbonyl (C=O) groups excluding carboxylic acids is 1. The van der Waals surface area contributed by atoms with Crippen molar-refractivity contribution in [2.75, 3.05) is 19.5 Å². The number of sulfonamides is 1. The third kappa shape index (κ3) is 3.99. The van der Waals surface area contributed by atoms with Gasteiger partial charge in [-0.15, -0.1) is 0 Å². The van der Waals surface area contributed by atoms with E-state index >= 15 is 0 Å². The Bertz CT molecular complexity index is 834. The second-order valence-electron chi connectivity index (χ2n) is 4.60. The molecule has 0 saturated heterocycles. The van der Waals surface area contributed by atoms with E-state index < -0.39 is 15.9 Å². The van der Waals surface area contributed by atoms with Crippen LogP contribution < -0.4 is 19.9 Å². The summed E-state index contributed by atoms with van der Waals surface area (Å²) < 4.78 is 33.2. The van der Waals surface area contributed by atoms with Gasteiger partial charge in [-0.3, -0.25) is 4.79 Å². The number of amides is 1. The van der Waals surface area contributed by atoms with Crippen LogP contribution in [0.15, 0.2) is 47.4 Å². The molecule has 0 bridgehead atoms. The minimum absolute atomic E-state index is 0.104. The molecule has 1 amide bonds. The quantitative estimate of drug-likeness (QED) is 0.862. The molecule has 122 valence electrons. The fraction of sp³-hybridized carbons (Fsp3) is 0.133. The van der Waals surface area contributed by atoms with E-state index in [0.29, 0.717) is 11.3 Å². The zero-order valence-corrected chi connectivity index (χ0v) is 13.4. The number of nitrogens with one attached hydrogen (secondary N) is 1. The van der Waals surface area contributed by atoms with Gasteiger partial charge in [0.1, 0.15) is 16.4 Å². The predicted molar refractivity (Wildman–Crippen MR) is 85.3 cm³/mol. The molecule has 3 N–H and O–H groups in total. The highest BCUT2D eigenvalue weighted by molar-refractivity contribution is 7.89. The molecule has 0 aromatic heterocycles. The minimum atomic E-state index is -3.98. The highest BCUT2D eigenvalue weighted by Gasteiger charge is 2.16. The number of nitrogens with two attached hydrogens (primary N) is 1. The molecule has 23 heavy (non-hydrogen) atoms. The summed E-state index contributed by atoms with van der Waals surface area (Å²) >= 11 is 0. The number of anilines is 1. The third-order valence-electron chi connectivity index (χ3n) is 3.06. The monoisotopic (exact) mass is 336 g/mol. The second-order valence-corrected chi connectivity index (χ2v) is 6.13. The van der Waals surface area contributed by atoms with Crippen molar-refractivity contribution >= 4 is 21.6 Å². The van der Waals surface area contributed by atoms with Crippen LogP contribution in [0, 0.1) is 0 Å². The largest absolute Gasteiger partial charge is 0.497 e. The van der Waals surface area contributed by atoms with Crippen LogP contribution in [-0.2, 0) is 10.0 Å². The van der Waals surface area contributed by atoms with Crippen molar-refractivity contribution in [3.8, 4) is 11.5 Å². The van der Waals surface area contributed by atoms with Gasteiger partial charge in [0.15, 0.2) is 0 Å². The first-order chi connectivity index (χ1) is 10.8. The molecule has 0 unspecified atom stereocenters. The van der Waals surface area contributed by atoms with Gasteiger partial charge in [-0.2, -0.15) is 0 Å². The van der Waals surface area contributed by atoms with Crippen LogP contribution in [0.5, 0.6) is 11.5 Å². The van der Waals surface area contributed by atoms with E-state index in [1.165, 1.54) is 32.4 Å². The van der Waals surface area contributed by atoms with Crippen molar-refractivity contribution in [1.82, 2.24) is 0 Å². The summed E-state index contributed by atoms with van der Waals surface area (Å²) in [5.41, 5.74) is 0.653. The van der Waals surface area contributed by atoms with E-state index in [1.54, 1.807) is 24.3 Å². The standard InChI is InChI=1S/C15H16N2O5S/c1-21-12-5-3-4-10(8-12)15(18)17-11-6-7-13(22-2)14(9-11)23(16,19)20/h3-9H,1-2H3,(H,17,18)(H2,16,19,20). The molecule has 0 fully saturated rings. The smallest absolute Gasteiger partial charge is 0.255 e. The average Bonchev–Trinajstić information content (AvgIpc) is 2.54. The molecule has 0 aliphatic heterocycles. The lowest BCUT2D eigenvalue weighted by Gasteiger charge is -2.10. The van der Waals surface area contributed by atoms with Crippen LogP contribution in [0.1, 0.15) is 10.4 Å². The molecule has 8 heteroatoms. The number of carbonyl (C=O) groups is 1. The van der Waals surface area contributed by atoms with Crippen LogP contribution in [0.3, 0.4) is 0 Å². The molecular formula is C15H16N2O5S. The van der Waals surface area contributed by atoms with Crippen LogP contribution in [0.2, 0.25) is 0 Å². The normalized spacial score (nSPS) is 10.9. The number of hydrogen-bond acceptors (Lipinski definition) is 5. The van der Waals surface area contributed by atoms with Crippen LogP contribution in [-0.4, -0.2) is 28.5 Å². The lowest BCUT2D eigenvalue weighted by molar-refractivity contribution is 0.102. The Hall–Kier alpha value is -2.58.